The highest BCUT2D eigenvalue weighted by molar-refractivity contribution is 9.10. The zero-order chi connectivity index (χ0) is 14.0. The number of rotatable bonds is 2. The van der Waals surface area contributed by atoms with Crippen molar-refractivity contribution in [2.75, 3.05) is 11.1 Å². The molecular weight excluding hydrogens is 311 g/mol. The average molecular weight is 323 g/mol. The van der Waals surface area contributed by atoms with Crippen molar-refractivity contribution in [1.29, 1.82) is 0 Å². The number of aryl methyl sites for hydroxylation is 1. The van der Waals surface area contributed by atoms with Crippen molar-refractivity contribution in [3.05, 3.63) is 57.8 Å². The van der Waals surface area contributed by atoms with E-state index in [1.165, 1.54) is 18.2 Å². The number of anilines is 2. The lowest BCUT2D eigenvalue weighted by atomic mass is 10.1. The van der Waals surface area contributed by atoms with Gasteiger partial charge in [0.05, 0.1) is 11.3 Å². The summed E-state index contributed by atoms with van der Waals surface area (Å²) in [5.41, 5.74) is 7.39. The first kappa shape index (κ1) is 13.5. The summed E-state index contributed by atoms with van der Waals surface area (Å²) in [4.78, 5) is 12.1. The molecule has 0 radical (unpaired) electrons. The molecule has 1 amide bonds. The molecule has 0 aliphatic rings. The summed E-state index contributed by atoms with van der Waals surface area (Å²) < 4.78 is 13.8. The third-order valence-corrected chi connectivity index (χ3v) is 3.74. The molecule has 3 N–H and O–H groups in total. The first-order chi connectivity index (χ1) is 8.99. The highest BCUT2D eigenvalue weighted by Crippen LogP contribution is 2.23. The number of halogens is 2. The number of carbonyl (C=O) groups excluding carboxylic acids is 1. The van der Waals surface area contributed by atoms with Gasteiger partial charge in [-0.15, -0.1) is 0 Å². The molecule has 0 aliphatic heterocycles. The summed E-state index contributed by atoms with van der Waals surface area (Å²) in [5, 5.41) is 2.68. The number of nitrogen functional groups attached to an aromatic ring is 1. The van der Waals surface area contributed by atoms with Gasteiger partial charge < -0.3 is 11.1 Å². The topological polar surface area (TPSA) is 55.1 Å². The Morgan fingerprint density at radius 3 is 2.74 bits per heavy atom. The van der Waals surface area contributed by atoms with Crippen LogP contribution in [-0.2, 0) is 0 Å². The first-order valence-corrected chi connectivity index (χ1v) is 6.40. The molecule has 0 unspecified atom stereocenters. The molecule has 0 fully saturated rings. The summed E-state index contributed by atoms with van der Waals surface area (Å²) in [6.45, 7) is 1.90. The van der Waals surface area contributed by atoms with E-state index in [2.05, 4.69) is 21.2 Å². The molecule has 2 rings (SSSR count). The lowest BCUT2D eigenvalue weighted by Gasteiger charge is -2.09. The van der Waals surface area contributed by atoms with Crippen LogP contribution >= 0.6 is 15.9 Å². The van der Waals surface area contributed by atoms with Crippen molar-refractivity contribution in [3.8, 4) is 0 Å². The van der Waals surface area contributed by atoms with Crippen molar-refractivity contribution in [3.63, 3.8) is 0 Å². The maximum absolute atomic E-state index is 13.0. The highest BCUT2D eigenvalue weighted by Gasteiger charge is 2.12. The van der Waals surface area contributed by atoms with E-state index in [1.807, 2.05) is 13.0 Å². The van der Waals surface area contributed by atoms with E-state index in [0.717, 1.165) is 10.0 Å². The van der Waals surface area contributed by atoms with E-state index < -0.39 is 5.82 Å². The van der Waals surface area contributed by atoms with Gasteiger partial charge in [0.25, 0.3) is 5.91 Å². The number of hydrogen-bond acceptors (Lipinski definition) is 2. The molecule has 0 aromatic heterocycles. The second kappa shape index (κ2) is 5.40. The van der Waals surface area contributed by atoms with Crippen LogP contribution in [0.4, 0.5) is 15.8 Å². The fraction of sp³-hybridized carbons (Fsp3) is 0.0714. The molecule has 2 aromatic carbocycles. The number of amides is 1. The van der Waals surface area contributed by atoms with Gasteiger partial charge in [0.1, 0.15) is 5.82 Å². The van der Waals surface area contributed by atoms with Gasteiger partial charge >= 0.3 is 0 Å². The van der Waals surface area contributed by atoms with Gasteiger partial charge in [0.15, 0.2) is 0 Å². The van der Waals surface area contributed by atoms with Gasteiger partial charge in [0.2, 0.25) is 0 Å². The third kappa shape index (κ3) is 2.93. The minimum absolute atomic E-state index is 0.00103. The van der Waals surface area contributed by atoms with Crippen LogP contribution in [0.5, 0.6) is 0 Å². The largest absolute Gasteiger partial charge is 0.396 e. The molecule has 0 saturated carbocycles. The van der Waals surface area contributed by atoms with Gasteiger partial charge in [0, 0.05) is 10.2 Å². The van der Waals surface area contributed by atoms with E-state index >= 15 is 0 Å². The minimum atomic E-state index is -0.505. The molecule has 0 atom stereocenters. The predicted molar refractivity (Wildman–Crippen MR) is 77.6 cm³/mol. The number of carbonyl (C=O) groups is 1. The van der Waals surface area contributed by atoms with Crippen molar-refractivity contribution in [2.24, 2.45) is 0 Å². The quantitative estimate of drug-likeness (QED) is 0.828. The summed E-state index contributed by atoms with van der Waals surface area (Å²) >= 11 is 3.37. The fourth-order valence-electron chi connectivity index (χ4n) is 1.64. The van der Waals surface area contributed by atoms with Gasteiger partial charge in [-0.3, -0.25) is 4.79 Å². The third-order valence-electron chi connectivity index (χ3n) is 2.69. The minimum Gasteiger partial charge on any atom is -0.396 e. The molecular formula is C14H12BrFN2O. The maximum Gasteiger partial charge on any atom is 0.256 e. The van der Waals surface area contributed by atoms with E-state index in [1.54, 1.807) is 12.1 Å². The molecule has 0 heterocycles. The average Bonchev–Trinajstić information content (AvgIpc) is 2.37. The van der Waals surface area contributed by atoms with Gasteiger partial charge in [-0.1, -0.05) is 12.1 Å². The van der Waals surface area contributed by atoms with Crippen LogP contribution in [0.15, 0.2) is 40.9 Å². The maximum atomic E-state index is 13.0. The lowest BCUT2D eigenvalue weighted by Crippen LogP contribution is -2.13. The Bertz CT molecular complexity index is 643. The SMILES string of the molecule is Cc1cccc(C(=O)Nc2ccc(F)c(N)c2)c1Br. The van der Waals surface area contributed by atoms with Crippen LogP contribution in [0.1, 0.15) is 15.9 Å². The van der Waals surface area contributed by atoms with E-state index in [9.17, 15) is 9.18 Å². The van der Waals surface area contributed by atoms with E-state index in [0.29, 0.717) is 11.3 Å². The fourth-order valence-corrected chi connectivity index (χ4v) is 2.09. The predicted octanol–water partition coefficient (Wildman–Crippen LogP) is 3.73. The van der Waals surface area contributed by atoms with Crippen LogP contribution < -0.4 is 11.1 Å². The molecule has 0 bridgehead atoms. The molecule has 0 spiro atoms. The Hall–Kier alpha value is -1.88. The molecule has 19 heavy (non-hydrogen) atoms. The molecule has 0 saturated heterocycles. The Morgan fingerprint density at radius 1 is 1.32 bits per heavy atom. The number of benzene rings is 2. The zero-order valence-corrected chi connectivity index (χ0v) is 11.8. The van der Waals surface area contributed by atoms with Crippen molar-refractivity contribution in [1.82, 2.24) is 0 Å². The van der Waals surface area contributed by atoms with E-state index in [4.69, 9.17) is 5.73 Å². The summed E-state index contributed by atoms with van der Waals surface area (Å²) in [5.74, 6) is -0.781. The normalized spacial score (nSPS) is 10.3. The van der Waals surface area contributed by atoms with Gasteiger partial charge in [-0.05, 0) is 52.7 Å². The number of nitrogens with one attached hydrogen (secondary N) is 1. The zero-order valence-electron chi connectivity index (χ0n) is 10.2. The lowest BCUT2D eigenvalue weighted by molar-refractivity contribution is 0.102. The van der Waals surface area contributed by atoms with Crippen LogP contribution in [0.3, 0.4) is 0 Å². The monoisotopic (exact) mass is 322 g/mol. The smallest absolute Gasteiger partial charge is 0.256 e. The summed E-state index contributed by atoms with van der Waals surface area (Å²) in [7, 11) is 0. The second-order valence-electron chi connectivity index (χ2n) is 4.13. The van der Waals surface area contributed by atoms with Crippen molar-refractivity contribution < 1.29 is 9.18 Å². The Balaban J connectivity index is 2.26. The van der Waals surface area contributed by atoms with Crippen LogP contribution in [0, 0.1) is 12.7 Å². The van der Waals surface area contributed by atoms with Gasteiger partial charge in [-0.25, -0.2) is 4.39 Å². The van der Waals surface area contributed by atoms with Crippen LogP contribution in [0.2, 0.25) is 0 Å². The molecule has 5 heteroatoms. The second-order valence-corrected chi connectivity index (χ2v) is 4.92. The van der Waals surface area contributed by atoms with Crippen molar-refractivity contribution >= 4 is 33.2 Å². The molecule has 3 nitrogen and oxygen atoms in total. The number of hydrogen-bond donors (Lipinski definition) is 2. The molecule has 98 valence electrons. The Morgan fingerprint density at radius 2 is 2.05 bits per heavy atom. The Labute approximate surface area is 118 Å². The summed E-state index contributed by atoms with van der Waals surface area (Å²) in [6.07, 6.45) is 0. The van der Waals surface area contributed by atoms with E-state index in [-0.39, 0.29) is 11.6 Å². The number of nitrogens with two attached hydrogens (primary N) is 1. The van der Waals surface area contributed by atoms with Crippen LogP contribution in [0.25, 0.3) is 0 Å². The summed E-state index contributed by atoms with van der Waals surface area (Å²) in [6, 6.07) is 9.48. The first-order valence-electron chi connectivity index (χ1n) is 5.60. The molecule has 0 aliphatic carbocycles. The standard InChI is InChI=1S/C14H12BrFN2O/c1-8-3-2-4-10(13(8)15)14(19)18-9-5-6-11(16)12(17)7-9/h2-7H,17H2,1H3,(H,18,19). The van der Waals surface area contributed by atoms with Gasteiger partial charge in [-0.2, -0.15) is 0 Å². The van der Waals surface area contributed by atoms with Crippen molar-refractivity contribution in [2.45, 2.75) is 6.92 Å². The Kier molecular flexibility index (Phi) is 3.85. The van der Waals surface area contributed by atoms with Crippen LogP contribution in [-0.4, -0.2) is 5.91 Å². The highest BCUT2D eigenvalue weighted by atomic mass is 79.9. The molecule has 2 aromatic rings.